The number of aromatic nitrogens is 2. The van der Waals surface area contributed by atoms with Crippen LogP contribution in [0.3, 0.4) is 0 Å². The quantitative estimate of drug-likeness (QED) is 0.857. The van der Waals surface area contributed by atoms with E-state index in [0.717, 1.165) is 5.56 Å². The van der Waals surface area contributed by atoms with Crippen molar-refractivity contribution in [3.8, 4) is 11.5 Å². The molecular formula is C13H14N4O3. The first-order valence-electron chi connectivity index (χ1n) is 6.22. The van der Waals surface area contributed by atoms with E-state index in [4.69, 9.17) is 14.9 Å². The van der Waals surface area contributed by atoms with Crippen LogP contribution in [0.1, 0.15) is 6.42 Å². The van der Waals surface area contributed by atoms with Crippen molar-refractivity contribution < 1.29 is 13.9 Å². The van der Waals surface area contributed by atoms with E-state index in [9.17, 15) is 4.79 Å². The van der Waals surface area contributed by atoms with Crippen LogP contribution in [0.4, 0.5) is 5.69 Å². The maximum atomic E-state index is 12.1. The number of anilines is 1. The molecule has 1 atom stereocenters. The topological polar surface area (TPSA) is 103 Å². The van der Waals surface area contributed by atoms with Gasteiger partial charge in [-0.2, -0.15) is 0 Å². The maximum Gasteiger partial charge on any atom is 0.247 e. The Morgan fingerprint density at radius 1 is 1.35 bits per heavy atom. The van der Waals surface area contributed by atoms with E-state index in [1.165, 1.54) is 6.39 Å². The molecule has 0 bridgehead atoms. The van der Waals surface area contributed by atoms with Crippen molar-refractivity contribution in [3.63, 3.8) is 0 Å². The highest BCUT2D eigenvalue weighted by molar-refractivity contribution is 5.98. The average Bonchev–Trinajstić information content (AvgIpc) is 3.11. The Labute approximate surface area is 115 Å². The zero-order chi connectivity index (χ0) is 14.0. The summed E-state index contributed by atoms with van der Waals surface area (Å²) in [6.45, 7) is 0.763. The van der Waals surface area contributed by atoms with Gasteiger partial charge in [0.05, 0.1) is 6.61 Å². The Bertz CT molecular complexity index is 589. The molecule has 1 amide bonds. The maximum absolute atomic E-state index is 12.1. The van der Waals surface area contributed by atoms with E-state index in [1.807, 2.05) is 0 Å². The average molecular weight is 274 g/mol. The Morgan fingerprint density at radius 2 is 2.15 bits per heavy atom. The number of carbonyl (C=O) groups excluding carboxylic acids is 1. The highest BCUT2D eigenvalue weighted by atomic mass is 16.5. The molecular weight excluding hydrogens is 260 g/mol. The molecule has 1 aromatic carbocycles. The molecule has 0 aliphatic carbocycles. The van der Waals surface area contributed by atoms with Gasteiger partial charge in [0, 0.05) is 17.9 Å². The Morgan fingerprint density at radius 3 is 2.75 bits per heavy atom. The van der Waals surface area contributed by atoms with Gasteiger partial charge in [-0.05, 0) is 30.7 Å². The number of rotatable bonds is 3. The molecule has 1 aliphatic heterocycles. The summed E-state index contributed by atoms with van der Waals surface area (Å²) in [4.78, 5) is 12.1. The fourth-order valence-electron chi connectivity index (χ4n) is 2.01. The first-order chi connectivity index (χ1) is 9.67. The third-order valence-electron chi connectivity index (χ3n) is 3.25. The summed E-state index contributed by atoms with van der Waals surface area (Å²) in [7, 11) is 0. The summed E-state index contributed by atoms with van der Waals surface area (Å²) >= 11 is 0. The number of amides is 1. The van der Waals surface area contributed by atoms with Crippen molar-refractivity contribution in [1.82, 2.24) is 10.2 Å². The zero-order valence-electron chi connectivity index (χ0n) is 10.7. The molecule has 1 saturated heterocycles. The molecule has 0 radical (unpaired) electrons. The van der Waals surface area contributed by atoms with Crippen LogP contribution in [-0.2, 0) is 9.53 Å². The molecule has 2 aromatic rings. The molecule has 3 N–H and O–H groups in total. The lowest BCUT2D eigenvalue weighted by atomic mass is 9.99. The van der Waals surface area contributed by atoms with Gasteiger partial charge < -0.3 is 20.2 Å². The van der Waals surface area contributed by atoms with Crippen LogP contribution >= 0.6 is 0 Å². The lowest BCUT2D eigenvalue weighted by molar-refractivity contribution is -0.121. The van der Waals surface area contributed by atoms with Crippen LogP contribution in [-0.4, -0.2) is 34.9 Å². The van der Waals surface area contributed by atoms with Crippen LogP contribution < -0.4 is 11.1 Å². The highest BCUT2D eigenvalue weighted by Gasteiger charge is 2.38. The SMILES string of the molecule is NC1(C(=O)Nc2ccc(-c3nnco3)cc2)CCOC1. The van der Waals surface area contributed by atoms with Gasteiger partial charge in [-0.15, -0.1) is 10.2 Å². The van der Waals surface area contributed by atoms with Gasteiger partial charge in [0.2, 0.25) is 18.2 Å². The number of hydrogen-bond acceptors (Lipinski definition) is 6. The molecule has 104 valence electrons. The number of nitrogens with zero attached hydrogens (tertiary/aromatic N) is 2. The normalized spacial score (nSPS) is 21.9. The number of nitrogens with two attached hydrogens (primary N) is 1. The first-order valence-corrected chi connectivity index (χ1v) is 6.22. The summed E-state index contributed by atoms with van der Waals surface area (Å²) in [5, 5.41) is 10.2. The second-order valence-corrected chi connectivity index (χ2v) is 4.73. The molecule has 7 nitrogen and oxygen atoms in total. The minimum atomic E-state index is -0.939. The second-order valence-electron chi connectivity index (χ2n) is 4.73. The lowest BCUT2D eigenvalue weighted by Gasteiger charge is -2.20. The minimum absolute atomic E-state index is 0.236. The van der Waals surface area contributed by atoms with Crippen molar-refractivity contribution in [1.29, 1.82) is 0 Å². The highest BCUT2D eigenvalue weighted by Crippen LogP contribution is 2.21. The van der Waals surface area contributed by atoms with Crippen molar-refractivity contribution in [2.24, 2.45) is 5.73 Å². The molecule has 7 heteroatoms. The monoisotopic (exact) mass is 274 g/mol. The Hall–Kier alpha value is -2.25. The molecule has 20 heavy (non-hydrogen) atoms. The molecule has 1 unspecified atom stereocenters. The largest absolute Gasteiger partial charge is 0.423 e. The summed E-state index contributed by atoms with van der Waals surface area (Å²) in [5.74, 6) is 0.197. The van der Waals surface area contributed by atoms with Gasteiger partial charge >= 0.3 is 0 Å². The fraction of sp³-hybridized carbons (Fsp3) is 0.308. The number of ether oxygens (including phenoxy) is 1. The second kappa shape index (κ2) is 5.03. The van der Waals surface area contributed by atoms with Crippen molar-refractivity contribution >= 4 is 11.6 Å². The first kappa shape index (κ1) is 12.8. The molecule has 2 heterocycles. The third kappa shape index (κ3) is 2.40. The number of hydrogen-bond donors (Lipinski definition) is 2. The van der Waals surface area contributed by atoms with Gasteiger partial charge in [0.1, 0.15) is 5.54 Å². The van der Waals surface area contributed by atoms with Crippen LogP contribution in [0.15, 0.2) is 35.1 Å². The summed E-state index contributed by atoms with van der Waals surface area (Å²) in [5.41, 5.74) is 6.49. The molecule has 1 fully saturated rings. The van der Waals surface area contributed by atoms with E-state index >= 15 is 0 Å². The van der Waals surface area contributed by atoms with Crippen molar-refractivity contribution in [3.05, 3.63) is 30.7 Å². The van der Waals surface area contributed by atoms with Crippen molar-refractivity contribution in [2.75, 3.05) is 18.5 Å². The molecule has 0 saturated carbocycles. The predicted octanol–water partition coefficient (Wildman–Crippen LogP) is 0.793. The summed E-state index contributed by atoms with van der Waals surface area (Å²) < 4.78 is 10.3. The smallest absolute Gasteiger partial charge is 0.247 e. The van der Waals surface area contributed by atoms with E-state index in [2.05, 4.69) is 15.5 Å². The van der Waals surface area contributed by atoms with E-state index < -0.39 is 5.54 Å². The van der Waals surface area contributed by atoms with Gasteiger partial charge in [-0.3, -0.25) is 4.79 Å². The van der Waals surface area contributed by atoms with Crippen LogP contribution in [0.25, 0.3) is 11.5 Å². The predicted molar refractivity (Wildman–Crippen MR) is 70.7 cm³/mol. The molecule has 0 spiro atoms. The van der Waals surface area contributed by atoms with Gasteiger partial charge in [0.15, 0.2) is 0 Å². The Kier molecular flexibility index (Phi) is 3.21. The summed E-state index contributed by atoms with van der Waals surface area (Å²) in [6, 6.07) is 7.10. The number of benzene rings is 1. The van der Waals surface area contributed by atoms with Crippen LogP contribution in [0.5, 0.6) is 0 Å². The fourth-order valence-corrected chi connectivity index (χ4v) is 2.01. The zero-order valence-corrected chi connectivity index (χ0v) is 10.7. The molecule has 3 rings (SSSR count). The van der Waals surface area contributed by atoms with Gasteiger partial charge in [0.25, 0.3) is 0 Å². The Balaban J connectivity index is 1.71. The molecule has 1 aromatic heterocycles. The van der Waals surface area contributed by atoms with Crippen molar-refractivity contribution in [2.45, 2.75) is 12.0 Å². The van der Waals surface area contributed by atoms with E-state index in [1.54, 1.807) is 24.3 Å². The van der Waals surface area contributed by atoms with Gasteiger partial charge in [-0.25, -0.2) is 0 Å². The summed E-state index contributed by atoms with van der Waals surface area (Å²) in [6.07, 6.45) is 1.79. The molecule has 1 aliphatic rings. The van der Waals surface area contributed by atoms with Crippen LogP contribution in [0, 0.1) is 0 Å². The van der Waals surface area contributed by atoms with Gasteiger partial charge in [-0.1, -0.05) is 0 Å². The van der Waals surface area contributed by atoms with E-state index in [0.29, 0.717) is 24.6 Å². The van der Waals surface area contributed by atoms with Crippen LogP contribution in [0.2, 0.25) is 0 Å². The standard InChI is InChI=1S/C13H14N4O3/c14-13(5-6-19-7-13)12(18)16-10-3-1-9(2-4-10)11-17-15-8-20-11/h1-4,8H,5-7,14H2,(H,16,18). The lowest BCUT2D eigenvalue weighted by Crippen LogP contribution is -2.51. The third-order valence-corrected chi connectivity index (χ3v) is 3.25. The number of carbonyl (C=O) groups is 1. The number of nitrogens with one attached hydrogen (secondary N) is 1. The van der Waals surface area contributed by atoms with E-state index in [-0.39, 0.29) is 12.5 Å². The minimum Gasteiger partial charge on any atom is -0.423 e.